The molecule has 0 N–H and O–H groups in total. The van der Waals surface area contributed by atoms with Gasteiger partial charge in [0.25, 0.3) is 5.56 Å². The fourth-order valence-electron chi connectivity index (χ4n) is 1.63. The van der Waals surface area contributed by atoms with E-state index in [1.54, 1.807) is 31.2 Å². The molecule has 4 nitrogen and oxygen atoms in total. The fraction of sp³-hybridized carbons (Fsp3) is 0.154. The van der Waals surface area contributed by atoms with Gasteiger partial charge in [0.15, 0.2) is 5.78 Å². The maximum absolute atomic E-state index is 12.1. The lowest BCUT2D eigenvalue weighted by Gasteiger charge is -2.08. The van der Waals surface area contributed by atoms with Crippen molar-refractivity contribution < 1.29 is 4.79 Å². The van der Waals surface area contributed by atoms with E-state index in [2.05, 4.69) is 4.98 Å². The van der Waals surface area contributed by atoms with Crippen LogP contribution in [0.25, 0.3) is 0 Å². The third-order valence-corrected chi connectivity index (χ3v) is 3.63. The van der Waals surface area contributed by atoms with Gasteiger partial charge in [0.2, 0.25) is 0 Å². The lowest BCUT2D eigenvalue weighted by atomic mass is 10.1. The van der Waals surface area contributed by atoms with Crippen LogP contribution in [0.5, 0.6) is 0 Å². The summed E-state index contributed by atoms with van der Waals surface area (Å²) in [5.74, 6) is 0.345. The van der Waals surface area contributed by atoms with Gasteiger partial charge in [-0.15, -0.1) is 0 Å². The van der Waals surface area contributed by atoms with Crippen molar-refractivity contribution in [3.05, 3.63) is 60.8 Å². The summed E-state index contributed by atoms with van der Waals surface area (Å²) in [7, 11) is 0. The summed E-state index contributed by atoms with van der Waals surface area (Å²) in [5.41, 5.74) is 0.279. The normalized spacial score (nSPS) is 10.5. The van der Waals surface area contributed by atoms with E-state index in [0.717, 1.165) is 0 Å². The van der Waals surface area contributed by atoms with Gasteiger partial charge in [-0.1, -0.05) is 23.7 Å². The molecule has 2 rings (SSSR count). The minimum Gasteiger partial charge on any atom is -0.292 e. The average molecular weight is 389 g/mol. The second kappa shape index (κ2) is 5.83. The summed E-state index contributed by atoms with van der Waals surface area (Å²) < 4.78 is 1.85. The lowest BCUT2D eigenvalue weighted by Crippen LogP contribution is -2.28. The highest BCUT2D eigenvalue weighted by Crippen LogP contribution is 2.12. The molecule has 0 radical (unpaired) electrons. The van der Waals surface area contributed by atoms with Crippen LogP contribution in [-0.2, 0) is 6.54 Å². The van der Waals surface area contributed by atoms with Crippen LogP contribution >= 0.6 is 34.2 Å². The summed E-state index contributed by atoms with van der Waals surface area (Å²) in [6.07, 6.45) is 1.50. The van der Waals surface area contributed by atoms with Gasteiger partial charge in [0, 0.05) is 16.8 Å². The van der Waals surface area contributed by atoms with E-state index in [9.17, 15) is 9.59 Å². The molecule has 0 amide bonds. The first kappa shape index (κ1) is 14.2. The minimum absolute atomic E-state index is 0.0329. The van der Waals surface area contributed by atoms with Crippen LogP contribution < -0.4 is 5.56 Å². The quantitative estimate of drug-likeness (QED) is 0.600. The number of rotatable bonds is 3. The number of ketones is 1. The minimum atomic E-state index is -0.205. The van der Waals surface area contributed by atoms with Gasteiger partial charge in [-0.05, 0) is 41.6 Å². The van der Waals surface area contributed by atoms with E-state index in [0.29, 0.717) is 20.0 Å². The lowest BCUT2D eigenvalue weighted by molar-refractivity contribution is 0.0969. The summed E-state index contributed by atoms with van der Waals surface area (Å²) in [6.45, 7) is 1.66. The molecule has 0 spiro atoms. The third kappa shape index (κ3) is 3.22. The number of aryl methyl sites for hydroxylation is 1. The van der Waals surface area contributed by atoms with E-state index in [1.807, 2.05) is 22.6 Å². The Bertz CT molecular complexity index is 697. The van der Waals surface area contributed by atoms with Crippen molar-refractivity contribution in [1.82, 2.24) is 9.55 Å². The van der Waals surface area contributed by atoms with Gasteiger partial charge < -0.3 is 0 Å². The van der Waals surface area contributed by atoms with Crippen molar-refractivity contribution >= 4 is 40.0 Å². The number of benzene rings is 1. The Kier molecular flexibility index (Phi) is 4.36. The Balaban J connectivity index is 2.35. The summed E-state index contributed by atoms with van der Waals surface area (Å²) in [6, 6.07) is 6.67. The zero-order valence-electron chi connectivity index (χ0n) is 10.1. The summed E-state index contributed by atoms with van der Waals surface area (Å²) >= 11 is 7.75. The van der Waals surface area contributed by atoms with Crippen LogP contribution in [0.2, 0.25) is 5.02 Å². The molecule has 6 heteroatoms. The highest BCUT2D eigenvalue weighted by atomic mass is 127. The smallest absolute Gasteiger partial charge is 0.267 e. The van der Waals surface area contributed by atoms with Crippen LogP contribution in [0.4, 0.5) is 0 Å². The first-order valence-electron chi connectivity index (χ1n) is 5.50. The molecule has 1 aromatic carbocycles. The molecule has 2 aromatic rings. The monoisotopic (exact) mass is 388 g/mol. The summed E-state index contributed by atoms with van der Waals surface area (Å²) in [5, 5.41) is 0.496. The molecular formula is C13H10ClIN2O2. The predicted molar refractivity (Wildman–Crippen MR) is 81.7 cm³/mol. The molecule has 0 unspecified atom stereocenters. The molecule has 98 valence electrons. The number of halogens is 2. The van der Waals surface area contributed by atoms with Crippen LogP contribution in [0.1, 0.15) is 16.2 Å². The van der Waals surface area contributed by atoms with Gasteiger partial charge >= 0.3 is 0 Å². The standard InChI is InChI=1S/C13H10ClIN2O2/c1-8-16-6-11(15)13(19)17(8)7-12(18)9-3-2-4-10(14)5-9/h2-6H,7H2,1H3. The van der Waals surface area contributed by atoms with Crippen LogP contribution in [0.15, 0.2) is 35.3 Å². The largest absolute Gasteiger partial charge is 0.292 e. The SMILES string of the molecule is Cc1ncc(I)c(=O)n1CC(=O)c1cccc(Cl)c1. The van der Waals surface area contributed by atoms with Crippen molar-refractivity contribution in [3.8, 4) is 0 Å². The van der Waals surface area contributed by atoms with Crippen LogP contribution in [0.3, 0.4) is 0 Å². The van der Waals surface area contributed by atoms with Crippen LogP contribution in [0, 0.1) is 10.5 Å². The van der Waals surface area contributed by atoms with E-state index < -0.39 is 0 Å². The molecule has 0 saturated heterocycles. The molecule has 0 atom stereocenters. The second-order valence-corrected chi connectivity index (χ2v) is 5.58. The van der Waals surface area contributed by atoms with Gasteiger partial charge in [-0.25, -0.2) is 4.98 Å². The fourth-order valence-corrected chi connectivity index (χ4v) is 2.25. The first-order chi connectivity index (χ1) is 8.99. The maximum atomic E-state index is 12.1. The Labute approximate surface area is 128 Å². The van der Waals surface area contributed by atoms with Gasteiger partial charge in [-0.2, -0.15) is 0 Å². The highest BCUT2D eigenvalue weighted by molar-refractivity contribution is 14.1. The first-order valence-corrected chi connectivity index (χ1v) is 6.95. The zero-order chi connectivity index (χ0) is 14.0. The molecule has 1 aromatic heterocycles. The Morgan fingerprint density at radius 2 is 2.21 bits per heavy atom. The topological polar surface area (TPSA) is 52.0 Å². The van der Waals surface area contributed by atoms with Crippen molar-refractivity contribution in [2.45, 2.75) is 13.5 Å². The van der Waals surface area contributed by atoms with Crippen molar-refractivity contribution in [3.63, 3.8) is 0 Å². The zero-order valence-corrected chi connectivity index (χ0v) is 13.0. The van der Waals surface area contributed by atoms with Crippen LogP contribution in [-0.4, -0.2) is 15.3 Å². The molecular weight excluding hydrogens is 379 g/mol. The van der Waals surface area contributed by atoms with Gasteiger partial charge in [0.05, 0.1) is 10.1 Å². The molecule has 0 aliphatic carbocycles. The second-order valence-electron chi connectivity index (χ2n) is 3.98. The summed E-state index contributed by atoms with van der Waals surface area (Å²) in [4.78, 5) is 28.2. The number of aromatic nitrogens is 2. The molecule has 0 aliphatic heterocycles. The highest BCUT2D eigenvalue weighted by Gasteiger charge is 2.12. The van der Waals surface area contributed by atoms with Gasteiger partial charge in [-0.3, -0.25) is 14.2 Å². The average Bonchev–Trinajstić information content (AvgIpc) is 2.39. The molecule has 0 saturated carbocycles. The van der Waals surface area contributed by atoms with Crippen molar-refractivity contribution in [2.24, 2.45) is 0 Å². The number of carbonyl (C=O) groups excluding carboxylic acids is 1. The van der Waals surface area contributed by atoms with E-state index in [-0.39, 0.29) is 17.9 Å². The number of Topliss-reactive ketones (excluding diaryl/α,β-unsaturated/α-hetero) is 1. The third-order valence-electron chi connectivity index (χ3n) is 2.65. The number of hydrogen-bond acceptors (Lipinski definition) is 3. The Morgan fingerprint density at radius 1 is 1.47 bits per heavy atom. The molecule has 19 heavy (non-hydrogen) atoms. The van der Waals surface area contributed by atoms with E-state index in [1.165, 1.54) is 10.8 Å². The Morgan fingerprint density at radius 3 is 2.89 bits per heavy atom. The maximum Gasteiger partial charge on any atom is 0.267 e. The van der Waals surface area contributed by atoms with Crippen molar-refractivity contribution in [2.75, 3.05) is 0 Å². The molecule has 0 aliphatic rings. The van der Waals surface area contributed by atoms with Gasteiger partial charge in [0.1, 0.15) is 5.82 Å². The van der Waals surface area contributed by atoms with E-state index in [4.69, 9.17) is 11.6 Å². The Hall–Kier alpha value is -1.21. The van der Waals surface area contributed by atoms with E-state index >= 15 is 0 Å². The van der Waals surface area contributed by atoms with Crippen molar-refractivity contribution in [1.29, 1.82) is 0 Å². The number of hydrogen-bond donors (Lipinski definition) is 0. The number of nitrogens with zero attached hydrogens (tertiary/aromatic N) is 2. The molecule has 0 bridgehead atoms. The predicted octanol–water partition coefficient (Wildman–Crippen LogP) is 2.69. The number of carbonyl (C=O) groups is 1. The molecule has 0 fully saturated rings. The molecule has 1 heterocycles.